The van der Waals surface area contributed by atoms with Gasteiger partial charge in [0.1, 0.15) is 5.82 Å². The monoisotopic (exact) mass is 462 g/mol. The molecule has 0 saturated carbocycles. The second kappa shape index (κ2) is 11.4. The molecule has 0 bridgehead atoms. The van der Waals surface area contributed by atoms with Crippen molar-refractivity contribution in [1.29, 1.82) is 0 Å². The van der Waals surface area contributed by atoms with E-state index in [0.717, 1.165) is 35.1 Å². The topological polar surface area (TPSA) is 59.8 Å². The maximum absolute atomic E-state index is 12.1. The molecule has 3 aromatic rings. The van der Waals surface area contributed by atoms with Gasteiger partial charge in [0, 0.05) is 40.9 Å². The lowest BCUT2D eigenvalue weighted by molar-refractivity contribution is -0.121. The maximum Gasteiger partial charge on any atom is 0.220 e. The summed E-state index contributed by atoms with van der Waals surface area (Å²) in [6, 6.07) is 15.3. The normalized spacial score (nSPS) is 10.9. The fraction of sp³-hybridized carbons (Fsp3) is 0.318. The molecule has 0 radical (unpaired) electrons. The zero-order chi connectivity index (χ0) is 21.3. The largest absolute Gasteiger partial charge is 0.356 e. The minimum absolute atomic E-state index is 0.0298. The molecule has 158 valence electrons. The van der Waals surface area contributed by atoms with Crippen molar-refractivity contribution in [1.82, 2.24) is 20.1 Å². The highest BCUT2D eigenvalue weighted by Crippen LogP contribution is 2.27. The number of carbonyl (C=O) groups excluding carboxylic acids is 1. The molecule has 0 saturated heterocycles. The summed E-state index contributed by atoms with van der Waals surface area (Å²) in [5.41, 5.74) is 2.02. The number of benzene rings is 2. The Morgan fingerprint density at radius 3 is 2.63 bits per heavy atom. The molecule has 2 aromatic carbocycles. The molecule has 1 aromatic heterocycles. The van der Waals surface area contributed by atoms with Gasteiger partial charge in [0.25, 0.3) is 0 Å². The van der Waals surface area contributed by atoms with Crippen LogP contribution >= 0.6 is 35.0 Å². The van der Waals surface area contributed by atoms with Gasteiger partial charge in [-0.3, -0.25) is 9.36 Å². The SMILES string of the molecule is CCCCNC(=O)CCc1nnc(SCc2cccc(Cl)c2)n1-c1ccc(Cl)cc1. The van der Waals surface area contributed by atoms with Crippen LogP contribution in [0.15, 0.2) is 53.7 Å². The number of carbonyl (C=O) groups is 1. The average molecular weight is 463 g/mol. The van der Waals surface area contributed by atoms with Crippen LogP contribution in [0, 0.1) is 0 Å². The van der Waals surface area contributed by atoms with Gasteiger partial charge in [-0.05, 0) is 48.4 Å². The Balaban J connectivity index is 1.77. The minimum atomic E-state index is 0.0298. The zero-order valence-electron chi connectivity index (χ0n) is 16.8. The zero-order valence-corrected chi connectivity index (χ0v) is 19.1. The number of rotatable bonds is 10. The van der Waals surface area contributed by atoms with Gasteiger partial charge in [-0.15, -0.1) is 10.2 Å². The molecule has 0 aliphatic heterocycles. The molecule has 1 amide bonds. The van der Waals surface area contributed by atoms with Gasteiger partial charge < -0.3 is 5.32 Å². The van der Waals surface area contributed by atoms with E-state index < -0.39 is 0 Å². The summed E-state index contributed by atoms with van der Waals surface area (Å²) < 4.78 is 1.99. The highest BCUT2D eigenvalue weighted by atomic mass is 35.5. The Morgan fingerprint density at radius 2 is 1.90 bits per heavy atom. The summed E-state index contributed by atoms with van der Waals surface area (Å²) in [7, 11) is 0. The van der Waals surface area contributed by atoms with Crippen LogP contribution in [0.1, 0.15) is 37.6 Å². The third kappa shape index (κ3) is 6.49. The predicted molar refractivity (Wildman–Crippen MR) is 124 cm³/mol. The van der Waals surface area contributed by atoms with E-state index in [1.54, 1.807) is 11.8 Å². The van der Waals surface area contributed by atoms with Crippen molar-refractivity contribution in [2.75, 3.05) is 6.54 Å². The molecule has 0 aliphatic rings. The first kappa shape index (κ1) is 22.7. The number of unbranched alkanes of at least 4 members (excludes halogenated alkanes) is 1. The number of nitrogens with zero attached hydrogens (tertiary/aromatic N) is 3. The van der Waals surface area contributed by atoms with E-state index in [0.29, 0.717) is 35.2 Å². The van der Waals surface area contributed by atoms with E-state index in [1.165, 1.54) is 0 Å². The molecular formula is C22H24Cl2N4OS. The Bertz CT molecular complexity index is 976. The first-order valence-electron chi connectivity index (χ1n) is 9.91. The standard InChI is InChI=1S/C22H24Cl2N4OS/c1-2-3-13-25-21(29)12-11-20-26-27-22(28(20)19-9-7-17(23)8-10-19)30-15-16-5-4-6-18(24)14-16/h4-10,14H,2-3,11-13,15H2,1H3,(H,25,29). The third-order valence-corrected chi connectivity index (χ3v) is 5.96. The molecule has 8 heteroatoms. The molecule has 0 unspecified atom stereocenters. The average Bonchev–Trinajstić information content (AvgIpc) is 3.14. The molecule has 0 fully saturated rings. The highest BCUT2D eigenvalue weighted by molar-refractivity contribution is 7.98. The Kier molecular flexibility index (Phi) is 8.61. The summed E-state index contributed by atoms with van der Waals surface area (Å²) >= 11 is 13.7. The maximum atomic E-state index is 12.1. The number of hydrogen-bond acceptors (Lipinski definition) is 4. The lowest BCUT2D eigenvalue weighted by Crippen LogP contribution is -2.24. The number of aryl methyl sites for hydroxylation is 1. The summed E-state index contributed by atoms with van der Waals surface area (Å²) in [6.45, 7) is 2.81. The smallest absolute Gasteiger partial charge is 0.220 e. The second-order valence-electron chi connectivity index (χ2n) is 6.83. The number of nitrogens with one attached hydrogen (secondary N) is 1. The van der Waals surface area contributed by atoms with Crippen LogP contribution in [0.2, 0.25) is 10.0 Å². The van der Waals surface area contributed by atoms with Crippen LogP contribution in [-0.4, -0.2) is 27.2 Å². The van der Waals surface area contributed by atoms with Gasteiger partial charge in [-0.2, -0.15) is 0 Å². The van der Waals surface area contributed by atoms with Gasteiger partial charge in [0.15, 0.2) is 5.16 Å². The van der Waals surface area contributed by atoms with Gasteiger partial charge >= 0.3 is 0 Å². The quantitative estimate of drug-likeness (QED) is 0.309. The van der Waals surface area contributed by atoms with Crippen molar-refractivity contribution in [2.45, 2.75) is 43.5 Å². The number of aromatic nitrogens is 3. The molecule has 1 heterocycles. The molecular weight excluding hydrogens is 439 g/mol. The van der Waals surface area contributed by atoms with E-state index in [1.807, 2.05) is 53.1 Å². The number of amides is 1. The minimum Gasteiger partial charge on any atom is -0.356 e. The first-order chi connectivity index (χ1) is 14.6. The lowest BCUT2D eigenvalue weighted by Gasteiger charge is -2.11. The van der Waals surface area contributed by atoms with Gasteiger partial charge in [0.2, 0.25) is 5.91 Å². The summed E-state index contributed by atoms with van der Waals surface area (Å²) in [4.78, 5) is 12.1. The number of halogens is 2. The lowest BCUT2D eigenvalue weighted by atomic mass is 10.2. The van der Waals surface area contributed by atoms with E-state index in [2.05, 4.69) is 22.4 Å². The number of thioether (sulfide) groups is 1. The van der Waals surface area contributed by atoms with Crippen LogP contribution in [0.5, 0.6) is 0 Å². The molecule has 1 N–H and O–H groups in total. The molecule has 30 heavy (non-hydrogen) atoms. The molecule has 0 aliphatic carbocycles. The van der Waals surface area contributed by atoms with E-state index in [9.17, 15) is 4.79 Å². The van der Waals surface area contributed by atoms with Gasteiger partial charge in [-0.1, -0.05) is 60.4 Å². The highest BCUT2D eigenvalue weighted by Gasteiger charge is 2.16. The second-order valence-corrected chi connectivity index (χ2v) is 8.65. The van der Waals surface area contributed by atoms with Crippen molar-refractivity contribution in [3.8, 4) is 5.69 Å². The Morgan fingerprint density at radius 1 is 1.10 bits per heavy atom. The Labute approximate surface area is 191 Å². The summed E-state index contributed by atoms with van der Waals surface area (Å²) in [5.74, 6) is 1.49. The van der Waals surface area contributed by atoms with Crippen molar-refractivity contribution in [2.24, 2.45) is 0 Å². The molecule has 5 nitrogen and oxygen atoms in total. The number of hydrogen-bond donors (Lipinski definition) is 1. The third-order valence-electron chi connectivity index (χ3n) is 4.47. The molecule has 0 spiro atoms. The van der Waals surface area contributed by atoms with Crippen LogP contribution in [0.25, 0.3) is 5.69 Å². The van der Waals surface area contributed by atoms with Crippen molar-refractivity contribution in [3.05, 3.63) is 70.0 Å². The van der Waals surface area contributed by atoms with E-state index in [-0.39, 0.29) is 5.91 Å². The van der Waals surface area contributed by atoms with Crippen molar-refractivity contribution >= 4 is 40.9 Å². The summed E-state index contributed by atoms with van der Waals surface area (Å²) in [5, 5.41) is 13.8. The predicted octanol–water partition coefficient (Wildman–Crippen LogP) is 5.72. The van der Waals surface area contributed by atoms with Crippen LogP contribution in [-0.2, 0) is 17.0 Å². The van der Waals surface area contributed by atoms with Crippen LogP contribution in [0.3, 0.4) is 0 Å². The first-order valence-corrected chi connectivity index (χ1v) is 11.6. The fourth-order valence-electron chi connectivity index (χ4n) is 2.90. The van der Waals surface area contributed by atoms with Crippen LogP contribution in [0.4, 0.5) is 0 Å². The van der Waals surface area contributed by atoms with E-state index in [4.69, 9.17) is 23.2 Å². The van der Waals surface area contributed by atoms with Crippen molar-refractivity contribution < 1.29 is 4.79 Å². The van der Waals surface area contributed by atoms with Crippen molar-refractivity contribution in [3.63, 3.8) is 0 Å². The molecule has 0 atom stereocenters. The Hall–Kier alpha value is -2.02. The van der Waals surface area contributed by atoms with Crippen LogP contribution < -0.4 is 5.32 Å². The molecule has 3 rings (SSSR count). The van der Waals surface area contributed by atoms with Gasteiger partial charge in [0.05, 0.1) is 0 Å². The fourth-order valence-corrected chi connectivity index (χ4v) is 4.15. The van der Waals surface area contributed by atoms with Gasteiger partial charge in [-0.25, -0.2) is 0 Å². The van der Waals surface area contributed by atoms with E-state index >= 15 is 0 Å². The summed E-state index contributed by atoms with van der Waals surface area (Å²) in [6.07, 6.45) is 2.91.